The van der Waals surface area contributed by atoms with Gasteiger partial charge in [-0.1, -0.05) is 24.3 Å². The Labute approximate surface area is 248 Å². The SMILES string of the molecule is Cc1cccc(C)c1-c1cc2nc(n1)NS(=O)(=O)c1cccc(c1)C(=O)N1CCN(CCC3(C(F)(F)F)CC3)CC(C1)O2. The van der Waals surface area contributed by atoms with Gasteiger partial charge in [0, 0.05) is 36.8 Å². The average molecular weight is 616 g/mol. The Morgan fingerprint density at radius 3 is 2.44 bits per heavy atom. The smallest absolute Gasteiger partial charge is 0.394 e. The third-order valence-electron chi connectivity index (χ3n) is 8.56. The molecular weight excluding hydrogens is 583 g/mol. The van der Waals surface area contributed by atoms with Gasteiger partial charge in [-0.15, -0.1) is 0 Å². The number of amides is 1. The summed E-state index contributed by atoms with van der Waals surface area (Å²) in [6.45, 7) is 5.05. The van der Waals surface area contributed by atoms with Crippen LogP contribution in [0.4, 0.5) is 19.1 Å². The van der Waals surface area contributed by atoms with E-state index in [0.29, 0.717) is 12.2 Å². The van der Waals surface area contributed by atoms with Crippen LogP contribution in [-0.2, 0) is 10.0 Å². The highest BCUT2D eigenvalue weighted by Gasteiger charge is 2.62. The van der Waals surface area contributed by atoms with Crippen LogP contribution in [0, 0.1) is 19.3 Å². The minimum Gasteiger partial charge on any atom is -0.471 e. The number of ether oxygens (including phenoxy) is 1. The van der Waals surface area contributed by atoms with Crippen molar-refractivity contribution in [3.8, 4) is 17.1 Å². The molecule has 3 heterocycles. The minimum atomic E-state index is -4.25. The molecule has 1 atom stereocenters. The van der Waals surface area contributed by atoms with Gasteiger partial charge in [-0.25, -0.2) is 18.1 Å². The molecule has 1 unspecified atom stereocenters. The molecular formula is C30H32F3N5O4S. The maximum absolute atomic E-state index is 13.7. The number of nitrogens with one attached hydrogen (secondary N) is 1. The zero-order valence-electron chi connectivity index (χ0n) is 23.8. The summed E-state index contributed by atoms with van der Waals surface area (Å²) in [4.78, 5) is 25.8. The lowest BCUT2D eigenvalue weighted by Crippen LogP contribution is -2.41. The fraction of sp³-hybridized carbons (Fsp3) is 0.433. The molecule has 1 amide bonds. The zero-order chi connectivity index (χ0) is 30.6. The highest BCUT2D eigenvalue weighted by Crippen LogP contribution is 2.60. The standard InChI is InChI=1S/C30H32F3N5O4S/c1-19-5-3-6-20(2)26(19)24-16-25-35-28(34-24)36-43(40,41)23-8-4-7-21(15-23)27(39)38-14-13-37(17-22(18-38)42-25)12-11-29(9-10-29)30(31,32)33/h3-8,15-16,22H,9-14,17-18H2,1-2H3,(H,34,35,36). The lowest BCUT2D eigenvalue weighted by atomic mass is 10.00. The molecule has 1 aromatic heterocycles. The lowest BCUT2D eigenvalue weighted by molar-refractivity contribution is -0.189. The Morgan fingerprint density at radius 1 is 1.02 bits per heavy atom. The molecule has 43 heavy (non-hydrogen) atoms. The molecule has 1 N–H and O–H groups in total. The second kappa shape index (κ2) is 10.8. The molecule has 3 aliphatic rings. The first-order valence-electron chi connectivity index (χ1n) is 14.2. The van der Waals surface area contributed by atoms with E-state index in [9.17, 15) is 26.4 Å². The monoisotopic (exact) mass is 615 g/mol. The highest BCUT2D eigenvalue weighted by molar-refractivity contribution is 7.92. The summed E-state index contributed by atoms with van der Waals surface area (Å²) < 4.78 is 76.5. The first-order valence-corrected chi connectivity index (χ1v) is 15.7. The highest BCUT2D eigenvalue weighted by atomic mass is 32.2. The summed E-state index contributed by atoms with van der Waals surface area (Å²) >= 11 is 0. The van der Waals surface area contributed by atoms with Crippen molar-refractivity contribution < 1.29 is 31.1 Å². The van der Waals surface area contributed by atoms with Gasteiger partial charge in [0.15, 0.2) is 0 Å². The number of carbonyl (C=O) groups excluding carboxylic acids is 1. The van der Waals surface area contributed by atoms with Gasteiger partial charge in [0.25, 0.3) is 15.9 Å². The summed E-state index contributed by atoms with van der Waals surface area (Å²) in [5.41, 5.74) is 1.61. The number of halogens is 3. The van der Waals surface area contributed by atoms with Crippen LogP contribution in [0.5, 0.6) is 5.88 Å². The molecule has 6 rings (SSSR count). The number of anilines is 1. The Bertz CT molecular complexity index is 1660. The molecule has 2 aromatic carbocycles. The molecule has 0 spiro atoms. The second-order valence-electron chi connectivity index (χ2n) is 11.6. The number of aromatic nitrogens is 2. The summed E-state index contributed by atoms with van der Waals surface area (Å²) in [5.74, 6) is -0.506. The van der Waals surface area contributed by atoms with E-state index in [2.05, 4.69) is 14.7 Å². The van der Waals surface area contributed by atoms with E-state index in [1.54, 1.807) is 11.0 Å². The number of nitrogens with zero attached hydrogens (tertiary/aromatic N) is 4. The number of benzene rings is 2. The van der Waals surface area contributed by atoms with Crippen molar-refractivity contribution in [1.82, 2.24) is 19.8 Å². The molecule has 3 aromatic rings. The molecule has 0 radical (unpaired) electrons. The van der Waals surface area contributed by atoms with Crippen molar-refractivity contribution in [3.63, 3.8) is 0 Å². The van der Waals surface area contributed by atoms with Gasteiger partial charge >= 0.3 is 6.18 Å². The van der Waals surface area contributed by atoms with Gasteiger partial charge in [-0.2, -0.15) is 18.2 Å². The number of aryl methyl sites for hydroxylation is 2. The largest absolute Gasteiger partial charge is 0.471 e. The summed E-state index contributed by atoms with van der Waals surface area (Å²) in [7, 11) is -4.17. The van der Waals surface area contributed by atoms with Crippen LogP contribution in [0.2, 0.25) is 0 Å². The number of hydrogen-bond acceptors (Lipinski definition) is 7. The van der Waals surface area contributed by atoms with Crippen molar-refractivity contribution in [2.45, 2.75) is 50.3 Å². The average Bonchev–Trinajstić information content (AvgIpc) is 3.76. The molecule has 6 bridgehead atoms. The van der Waals surface area contributed by atoms with E-state index < -0.39 is 33.6 Å². The van der Waals surface area contributed by atoms with Gasteiger partial charge in [0.1, 0.15) is 6.10 Å². The minimum absolute atomic E-state index is 0.0185. The third-order valence-corrected chi connectivity index (χ3v) is 9.89. The molecule has 1 aliphatic carbocycles. The van der Waals surface area contributed by atoms with Crippen LogP contribution >= 0.6 is 0 Å². The maximum Gasteiger partial charge on any atom is 0.394 e. The molecule has 1 saturated carbocycles. The molecule has 2 aliphatic heterocycles. The van der Waals surface area contributed by atoms with Crippen LogP contribution in [0.25, 0.3) is 11.3 Å². The maximum atomic E-state index is 13.7. The molecule has 228 valence electrons. The van der Waals surface area contributed by atoms with Crippen molar-refractivity contribution >= 4 is 21.9 Å². The molecule has 1 saturated heterocycles. The normalized spacial score (nSPS) is 21.4. The van der Waals surface area contributed by atoms with Crippen molar-refractivity contribution in [2.75, 3.05) is 37.4 Å². The number of sulfonamides is 1. The number of fused-ring (bicyclic) bond motifs is 6. The van der Waals surface area contributed by atoms with Crippen LogP contribution in [0.15, 0.2) is 53.4 Å². The third kappa shape index (κ3) is 5.92. The van der Waals surface area contributed by atoms with E-state index >= 15 is 0 Å². The Morgan fingerprint density at radius 2 is 1.74 bits per heavy atom. The van der Waals surface area contributed by atoms with Gasteiger partial charge in [0.2, 0.25) is 11.8 Å². The quantitative estimate of drug-likeness (QED) is 0.449. The van der Waals surface area contributed by atoms with Crippen LogP contribution in [0.1, 0.15) is 40.7 Å². The number of carbonyl (C=O) groups is 1. The van der Waals surface area contributed by atoms with E-state index in [4.69, 9.17) is 4.74 Å². The fourth-order valence-electron chi connectivity index (χ4n) is 5.90. The van der Waals surface area contributed by atoms with Crippen molar-refractivity contribution in [3.05, 3.63) is 65.2 Å². The van der Waals surface area contributed by atoms with Gasteiger partial charge in [-0.3, -0.25) is 9.69 Å². The fourth-order valence-corrected chi connectivity index (χ4v) is 6.89. The lowest BCUT2D eigenvalue weighted by Gasteiger charge is -2.27. The summed E-state index contributed by atoms with van der Waals surface area (Å²) in [5, 5.41) is 0. The predicted molar refractivity (Wildman–Crippen MR) is 153 cm³/mol. The molecule has 9 nitrogen and oxygen atoms in total. The molecule has 2 fully saturated rings. The first kappa shape index (κ1) is 29.4. The van der Waals surface area contributed by atoms with Gasteiger partial charge < -0.3 is 9.64 Å². The number of alkyl halides is 3. The summed E-state index contributed by atoms with van der Waals surface area (Å²) in [6.07, 6.45) is -4.65. The molecule has 13 heteroatoms. The summed E-state index contributed by atoms with van der Waals surface area (Å²) in [6, 6.07) is 13.1. The second-order valence-corrected chi connectivity index (χ2v) is 13.3. The number of rotatable bonds is 4. The Balaban J connectivity index is 1.40. The topological polar surface area (TPSA) is 105 Å². The van der Waals surface area contributed by atoms with Crippen LogP contribution in [0.3, 0.4) is 0 Å². The van der Waals surface area contributed by atoms with Crippen LogP contribution < -0.4 is 9.46 Å². The van der Waals surface area contributed by atoms with E-state index in [1.807, 2.05) is 36.9 Å². The van der Waals surface area contributed by atoms with Crippen molar-refractivity contribution in [2.24, 2.45) is 5.41 Å². The van der Waals surface area contributed by atoms with E-state index in [-0.39, 0.29) is 67.7 Å². The first-order chi connectivity index (χ1) is 20.3. The Kier molecular flexibility index (Phi) is 7.36. The van der Waals surface area contributed by atoms with E-state index in [0.717, 1.165) is 16.7 Å². The van der Waals surface area contributed by atoms with Crippen molar-refractivity contribution in [1.29, 1.82) is 0 Å². The van der Waals surface area contributed by atoms with E-state index in [1.165, 1.54) is 24.3 Å². The van der Waals surface area contributed by atoms with Crippen LogP contribution in [-0.4, -0.2) is 79.1 Å². The predicted octanol–water partition coefficient (Wildman–Crippen LogP) is 4.81. The number of hydrogen-bond donors (Lipinski definition) is 1. The van der Waals surface area contributed by atoms with Gasteiger partial charge in [-0.05, 0) is 69.0 Å². The zero-order valence-corrected chi connectivity index (χ0v) is 24.6. The van der Waals surface area contributed by atoms with Gasteiger partial charge in [0.05, 0.1) is 22.5 Å². The Hall–Kier alpha value is -3.71.